The van der Waals surface area contributed by atoms with Crippen LogP contribution in [0.25, 0.3) is 0 Å². The van der Waals surface area contributed by atoms with E-state index < -0.39 is 4.92 Å². The summed E-state index contributed by atoms with van der Waals surface area (Å²) in [6.45, 7) is 4.41. The number of hydrogen-bond donors (Lipinski definition) is 2. The molecule has 21 heavy (non-hydrogen) atoms. The van der Waals surface area contributed by atoms with Crippen LogP contribution in [-0.2, 0) is 0 Å². The zero-order valence-electron chi connectivity index (χ0n) is 12.3. The first kappa shape index (κ1) is 15.5. The first-order valence-corrected chi connectivity index (χ1v) is 7.47. The molecule has 7 nitrogen and oxygen atoms in total. The molecule has 1 amide bonds. The van der Waals surface area contributed by atoms with E-state index in [0.29, 0.717) is 19.1 Å². The van der Waals surface area contributed by atoms with E-state index in [-0.39, 0.29) is 17.3 Å². The molecule has 1 fully saturated rings. The third-order valence-electron chi connectivity index (χ3n) is 3.78. The van der Waals surface area contributed by atoms with Gasteiger partial charge in [-0.25, -0.2) is 0 Å². The molecule has 2 N–H and O–H groups in total. The third kappa shape index (κ3) is 4.04. The first-order valence-electron chi connectivity index (χ1n) is 7.47. The SMILES string of the molecule is CCCCN(CC1CCCN1)C(=O)c1cc([N+](=O)[O-])c[nH]1. The number of hydrogen-bond acceptors (Lipinski definition) is 4. The fraction of sp³-hybridized carbons (Fsp3) is 0.643. The van der Waals surface area contributed by atoms with Crippen LogP contribution in [0, 0.1) is 10.1 Å². The van der Waals surface area contributed by atoms with Crippen molar-refractivity contribution >= 4 is 11.6 Å². The Hall–Kier alpha value is -1.89. The highest BCUT2D eigenvalue weighted by Gasteiger charge is 2.24. The zero-order chi connectivity index (χ0) is 15.2. The number of aromatic nitrogens is 1. The Bertz CT molecular complexity index is 494. The molecule has 7 heteroatoms. The van der Waals surface area contributed by atoms with E-state index in [2.05, 4.69) is 17.2 Å². The maximum absolute atomic E-state index is 12.5. The van der Waals surface area contributed by atoms with Gasteiger partial charge in [-0.05, 0) is 25.8 Å². The normalized spacial score (nSPS) is 17.9. The molecule has 1 unspecified atom stereocenters. The summed E-state index contributed by atoms with van der Waals surface area (Å²) in [4.78, 5) is 27.2. The van der Waals surface area contributed by atoms with Crippen LogP contribution in [0.15, 0.2) is 12.3 Å². The molecule has 2 heterocycles. The highest BCUT2D eigenvalue weighted by atomic mass is 16.6. The van der Waals surface area contributed by atoms with Gasteiger partial charge < -0.3 is 15.2 Å². The van der Waals surface area contributed by atoms with E-state index >= 15 is 0 Å². The minimum absolute atomic E-state index is 0.0761. The topological polar surface area (TPSA) is 91.3 Å². The number of carbonyl (C=O) groups is 1. The van der Waals surface area contributed by atoms with Crippen molar-refractivity contribution < 1.29 is 9.72 Å². The van der Waals surface area contributed by atoms with Crippen LogP contribution in [0.5, 0.6) is 0 Å². The van der Waals surface area contributed by atoms with Gasteiger partial charge in [0.25, 0.3) is 11.6 Å². The summed E-state index contributed by atoms with van der Waals surface area (Å²) in [5.41, 5.74) is 0.212. The quantitative estimate of drug-likeness (QED) is 0.593. The van der Waals surface area contributed by atoms with Crippen molar-refractivity contribution in [2.45, 2.75) is 38.6 Å². The molecule has 1 aliphatic rings. The molecule has 1 aromatic rings. The van der Waals surface area contributed by atoms with Crippen molar-refractivity contribution in [1.29, 1.82) is 0 Å². The van der Waals surface area contributed by atoms with Crippen LogP contribution in [-0.4, -0.2) is 46.4 Å². The average molecular weight is 294 g/mol. The highest BCUT2D eigenvalue weighted by molar-refractivity contribution is 5.93. The number of H-pyrrole nitrogens is 1. The summed E-state index contributed by atoms with van der Waals surface area (Å²) < 4.78 is 0. The minimum atomic E-state index is -0.498. The zero-order valence-corrected chi connectivity index (χ0v) is 12.3. The van der Waals surface area contributed by atoms with Gasteiger partial charge in [0.15, 0.2) is 0 Å². The molecular formula is C14H22N4O3. The van der Waals surface area contributed by atoms with Crippen LogP contribution in [0.4, 0.5) is 5.69 Å². The number of aromatic amines is 1. The molecule has 0 saturated carbocycles. The summed E-state index contributed by atoms with van der Waals surface area (Å²) in [6.07, 6.45) is 5.41. The van der Waals surface area contributed by atoms with Crippen LogP contribution < -0.4 is 5.32 Å². The molecule has 0 aromatic carbocycles. The largest absolute Gasteiger partial charge is 0.351 e. The third-order valence-corrected chi connectivity index (χ3v) is 3.78. The average Bonchev–Trinajstić information content (AvgIpc) is 3.13. The van der Waals surface area contributed by atoms with Gasteiger partial charge in [-0.3, -0.25) is 14.9 Å². The molecule has 116 valence electrons. The second kappa shape index (κ2) is 7.21. The van der Waals surface area contributed by atoms with Crippen molar-refractivity contribution in [1.82, 2.24) is 15.2 Å². The fourth-order valence-corrected chi connectivity index (χ4v) is 2.59. The van der Waals surface area contributed by atoms with Crippen LogP contribution >= 0.6 is 0 Å². The Labute approximate surface area is 123 Å². The molecule has 0 spiro atoms. The van der Waals surface area contributed by atoms with E-state index in [1.165, 1.54) is 12.3 Å². The van der Waals surface area contributed by atoms with Gasteiger partial charge in [0.2, 0.25) is 0 Å². The van der Waals surface area contributed by atoms with E-state index in [1.807, 2.05) is 0 Å². The highest BCUT2D eigenvalue weighted by Crippen LogP contribution is 2.16. The van der Waals surface area contributed by atoms with Gasteiger partial charge in [0.05, 0.1) is 11.1 Å². The molecule has 0 aliphatic carbocycles. The molecular weight excluding hydrogens is 272 g/mol. The van der Waals surface area contributed by atoms with Crippen molar-refractivity contribution in [2.75, 3.05) is 19.6 Å². The van der Waals surface area contributed by atoms with Crippen molar-refractivity contribution in [3.05, 3.63) is 28.1 Å². The van der Waals surface area contributed by atoms with Gasteiger partial charge in [0.1, 0.15) is 5.69 Å². The molecule has 2 rings (SSSR count). The number of nitrogens with one attached hydrogen (secondary N) is 2. The monoisotopic (exact) mass is 294 g/mol. The van der Waals surface area contributed by atoms with Crippen LogP contribution in [0.3, 0.4) is 0 Å². The lowest BCUT2D eigenvalue weighted by molar-refractivity contribution is -0.384. The molecule has 1 aromatic heterocycles. The lowest BCUT2D eigenvalue weighted by atomic mass is 10.2. The number of carbonyl (C=O) groups excluding carboxylic acids is 1. The predicted molar refractivity (Wildman–Crippen MR) is 79.3 cm³/mol. The summed E-state index contributed by atoms with van der Waals surface area (Å²) in [5.74, 6) is -0.162. The molecule has 1 aliphatic heterocycles. The number of rotatable bonds is 7. The summed E-state index contributed by atoms with van der Waals surface area (Å²) in [6, 6.07) is 1.64. The Morgan fingerprint density at radius 1 is 1.57 bits per heavy atom. The number of nitrogens with zero attached hydrogens (tertiary/aromatic N) is 2. The summed E-state index contributed by atoms with van der Waals surface area (Å²) in [7, 11) is 0. The van der Waals surface area contributed by atoms with Crippen molar-refractivity contribution in [3.63, 3.8) is 0 Å². The molecule has 1 saturated heterocycles. The molecule has 1 atom stereocenters. The van der Waals surface area contributed by atoms with Gasteiger partial charge in [-0.2, -0.15) is 0 Å². The fourth-order valence-electron chi connectivity index (χ4n) is 2.59. The van der Waals surface area contributed by atoms with Gasteiger partial charge in [-0.1, -0.05) is 13.3 Å². The van der Waals surface area contributed by atoms with E-state index in [0.717, 1.165) is 32.2 Å². The van der Waals surface area contributed by atoms with E-state index in [4.69, 9.17) is 0 Å². The molecule has 0 bridgehead atoms. The van der Waals surface area contributed by atoms with E-state index in [1.54, 1.807) is 4.90 Å². The maximum atomic E-state index is 12.5. The van der Waals surface area contributed by atoms with Crippen molar-refractivity contribution in [3.8, 4) is 0 Å². The Morgan fingerprint density at radius 3 is 2.95 bits per heavy atom. The maximum Gasteiger partial charge on any atom is 0.287 e. The van der Waals surface area contributed by atoms with Gasteiger partial charge in [-0.15, -0.1) is 0 Å². The first-order chi connectivity index (χ1) is 10.1. The van der Waals surface area contributed by atoms with Crippen LogP contribution in [0.1, 0.15) is 43.1 Å². The standard InChI is InChI=1S/C14H22N4O3/c1-2-3-7-17(10-11-5-4-6-15-11)14(19)13-8-12(9-16-13)18(20)21/h8-9,11,15-16H,2-7,10H2,1H3. The second-order valence-electron chi connectivity index (χ2n) is 5.43. The minimum Gasteiger partial charge on any atom is -0.351 e. The van der Waals surface area contributed by atoms with Gasteiger partial charge >= 0.3 is 0 Å². The second-order valence-corrected chi connectivity index (χ2v) is 5.43. The summed E-state index contributed by atoms with van der Waals surface area (Å²) in [5, 5.41) is 14.1. The Morgan fingerprint density at radius 2 is 2.38 bits per heavy atom. The number of nitro groups is 1. The van der Waals surface area contributed by atoms with Crippen molar-refractivity contribution in [2.24, 2.45) is 0 Å². The smallest absolute Gasteiger partial charge is 0.287 e. The Kier molecular flexibility index (Phi) is 5.32. The lowest BCUT2D eigenvalue weighted by Gasteiger charge is -2.25. The Balaban J connectivity index is 2.05. The summed E-state index contributed by atoms with van der Waals surface area (Å²) >= 11 is 0. The van der Waals surface area contributed by atoms with E-state index in [9.17, 15) is 14.9 Å². The molecule has 0 radical (unpaired) electrons. The lowest BCUT2D eigenvalue weighted by Crippen LogP contribution is -2.41. The number of unbranched alkanes of at least 4 members (excludes halogenated alkanes) is 1. The predicted octanol–water partition coefficient (Wildman–Crippen LogP) is 1.92. The van der Waals surface area contributed by atoms with Crippen LogP contribution in [0.2, 0.25) is 0 Å². The van der Waals surface area contributed by atoms with Gasteiger partial charge in [0, 0.05) is 25.2 Å². The number of amides is 1.